The van der Waals surface area contributed by atoms with Gasteiger partial charge >= 0.3 is 0 Å². The number of tetrazole rings is 1. The summed E-state index contributed by atoms with van der Waals surface area (Å²) < 4.78 is 1.65. The molecule has 4 rings (SSSR count). The van der Waals surface area contributed by atoms with Crippen molar-refractivity contribution in [3.05, 3.63) is 87.6 Å². The lowest BCUT2D eigenvalue weighted by atomic mass is 10.0. The molecule has 1 atom stereocenters. The fourth-order valence-electron chi connectivity index (χ4n) is 2.98. The van der Waals surface area contributed by atoms with Crippen molar-refractivity contribution in [3.8, 4) is 5.69 Å². The number of carbonyl (C=O) groups is 1. The standard InChI is InChI=1S/C22H21N5OS2/c1-15-5-9-17(10-6-15)21(19-4-3-13-29-19)23-20(28)14-30-22-24-25-26-27(22)18-11-7-16(2)8-12-18/h3-13,21H,14H2,1-2H3,(H,23,28). The number of benzene rings is 2. The Morgan fingerprint density at radius 1 is 1.07 bits per heavy atom. The van der Waals surface area contributed by atoms with Crippen LogP contribution in [0, 0.1) is 13.8 Å². The molecular weight excluding hydrogens is 414 g/mol. The van der Waals surface area contributed by atoms with Crippen molar-refractivity contribution in [1.29, 1.82) is 0 Å². The maximum atomic E-state index is 12.8. The second-order valence-corrected chi connectivity index (χ2v) is 8.85. The Hall–Kier alpha value is -2.97. The highest BCUT2D eigenvalue weighted by Crippen LogP contribution is 2.27. The van der Waals surface area contributed by atoms with E-state index < -0.39 is 0 Å². The minimum absolute atomic E-state index is 0.0718. The van der Waals surface area contributed by atoms with E-state index in [9.17, 15) is 4.79 Å². The van der Waals surface area contributed by atoms with Crippen molar-refractivity contribution in [2.24, 2.45) is 0 Å². The van der Waals surface area contributed by atoms with Gasteiger partial charge < -0.3 is 5.32 Å². The van der Waals surface area contributed by atoms with E-state index in [0.717, 1.165) is 21.7 Å². The van der Waals surface area contributed by atoms with Gasteiger partial charge in [-0.05, 0) is 53.4 Å². The second kappa shape index (κ2) is 9.23. The van der Waals surface area contributed by atoms with Gasteiger partial charge in [-0.2, -0.15) is 4.68 Å². The van der Waals surface area contributed by atoms with E-state index in [1.807, 2.05) is 48.7 Å². The number of aryl methyl sites for hydroxylation is 2. The third-order valence-electron chi connectivity index (χ3n) is 4.60. The highest BCUT2D eigenvalue weighted by Gasteiger charge is 2.19. The fourth-order valence-corrected chi connectivity index (χ4v) is 4.49. The molecule has 0 fully saturated rings. The van der Waals surface area contributed by atoms with E-state index in [-0.39, 0.29) is 17.7 Å². The largest absolute Gasteiger partial charge is 0.344 e. The number of hydrogen-bond acceptors (Lipinski definition) is 6. The zero-order valence-corrected chi connectivity index (χ0v) is 18.3. The first-order valence-corrected chi connectivity index (χ1v) is 11.3. The van der Waals surface area contributed by atoms with Crippen LogP contribution in [0.25, 0.3) is 5.69 Å². The van der Waals surface area contributed by atoms with Gasteiger partial charge in [-0.15, -0.1) is 16.4 Å². The van der Waals surface area contributed by atoms with Gasteiger partial charge in [-0.1, -0.05) is 65.4 Å². The summed E-state index contributed by atoms with van der Waals surface area (Å²) >= 11 is 2.95. The number of amides is 1. The van der Waals surface area contributed by atoms with Crippen LogP contribution in [0.2, 0.25) is 0 Å². The van der Waals surface area contributed by atoms with Crippen LogP contribution in [0.1, 0.15) is 27.6 Å². The van der Waals surface area contributed by atoms with E-state index in [2.05, 4.69) is 52.0 Å². The maximum absolute atomic E-state index is 12.8. The third-order valence-corrected chi connectivity index (χ3v) is 6.45. The summed E-state index contributed by atoms with van der Waals surface area (Å²) in [5.74, 6) is 0.150. The summed E-state index contributed by atoms with van der Waals surface area (Å²) in [5.41, 5.74) is 4.28. The van der Waals surface area contributed by atoms with E-state index in [4.69, 9.17) is 0 Å². The van der Waals surface area contributed by atoms with E-state index >= 15 is 0 Å². The molecule has 1 amide bonds. The highest BCUT2D eigenvalue weighted by molar-refractivity contribution is 7.99. The predicted octanol–water partition coefficient (Wildman–Crippen LogP) is 4.34. The van der Waals surface area contributed by atoms with Crippen molar-refractivity contribution in [3.63, 3.8) is 0 Å². The Bertz CT molecular complexity index is 1110. The Labute approximate surface area is 183 Å². The van der Waals surface area contributed by atoms with E-state index in [1.54, 1.807) is 16.0 Å². The molecule has 6 nitrogen and oxygen atoms in total. The smallest absolute Gasteiger partial charge is 0.231 e. The van der Waals surface area contributed by atoms with Crippen molar-refractivity contribution >= 4 is 29.0 Å². The van der Waals surface area contributed by atoms with E-state index in [0.29, 0.717) is 5.16 Å². The summed E-state index contributed by atoms with van der Waals surface area (Å²) in [7, 11) is 0. The number of hydrogen-bond donors (Lipinski definition) is 1. The van der Waals surface area contributed by atoms with Crippen molar-refractivity contribution in [1.82, 2.24) is 25.5 Å². The summed E-state index contributed by atoms with van der Waals surface area (Å²) in [6.07, 6.45) is 0. The van der Waals surface area contributed by atoms with Gasteiger partial charge in [0.1, 0.15) is 0 Å². The monoisotopic (exact) mass is 435 g/mol. The molecule has 0 bridgehead atoms. The number of thiophene rings is 1. The number of nitrogens with one attached hydrogen (secondary N) is 1. The molecule has 4 aromatic rings. The lowest BCUT2D eigenvalue weighted by Gasteiger charge is -2.18. The van der Waals surface area contributed by atoms with Crippen LogP contribution in [0.15, 0.2) is 71.2 Å². The molecular formula is C22H21N5OS2. The van der Waals surface area contributed by atoms with Crippen molar-refractivity contribution in [2.45, 2.75) is 25.0 Å². The molecule has 8 heteroatoms. The molecule has 2 aromatic carbocycles. The lowest BCUT2D eigenvalue weighted by Crippen LogP contribution is -2.30. The van der Waals surface area contributed by atoms with Crippen LogP contribution in [-0.4, -0.2) is 31.9 Å². The molecule has 0 saturated heterocycles. The van der Waals surface area contributed by atoms with Crippen LogP contribution < -0.4 is 5.32 Å². The molecule has 0 saturated carbocycles. The van der Waals surface area contributed by atoms with Gasteiger partial charge in [0, 0.05) is 4.88 Å². The molecule has 0 aliphatic carbocycles. The van der Waals surface area contributed by atoms with Crippen LogP contribution in [0.5, 0.6) is 0 Å². The maximum Gasteiger partial charge on any atom is 0.231 e. The number of carbonyl (C=O) groups excluding carboxylic acids is 1. The first kappa shape index (κ1) is 20.3. The molecule has 0 spiro atoms. The van der Waals surface area contributed by atoms with Crippen LogP contribution in [0.4, 0.5) is 0 Å². The molecule has 0 aliphatic heterocycles. The quantitative estimate of drug-likeness (QED) is 0.437. The molecule has 0 radical (unpaired) electrons. The van der Waals surface area contributed by atoms with Gasteiger partial charge in [0.05, 0.1) is 17.5 Å². The SMILES string of the molecule is Cc1ccc(C(NC(=O)CSc2nnnn2-c2ccc(C)cc2)c2cccs2)cc1. The predicted molar refractivity (Wildman–Crippen MR) is 120 cm³/mol. The van der Waals surface area contributed by atoms with Crippen molar-refractivity contribution in [2.75, 3.05) is 5.75 Å². The molecule has 1 unspecified atom stereocenters. The molecule has 2 aromatic heterocycles. The highest BCUT2D eigenvalue weighted by atomic mass is 32.2. The van der Waals surface area contributed by atoms with Gasteiger partial charge in [-0.25, -0.2) is 0 Å². The third kappa shape index (κ3) is 4.77. The van der Waals surface area contributed by atoms with Crippen molar-refractivity contribution < 1.29 is 4.79 Å². The topological polar surface area (TPSA) is 72.7 Å². The Balaban J connectivity index is 1.46. The Morgan fingerprint density at radius 3 is 2.43 bits per heavy atom. The second-order valence-electron chi connectivity index (χ2n) is 6.92. The average Bonchev–Trinajstić information content (AvgIpc) is 3.44. The summed E-state index contributed by atoms with van der Waals surface area (Å²) in [6, 6.07) is 20.0. The van der Waals surface area contributed by atoms with Crippen LogP contribution >= 0.6 is 23.1 Å². The first-order chi connectivity index (χ1) is 14.6. The Morgan fingerprint density at radius 2 is 1.77 bits per heavy atom. The minimum Gasteiger partial charge on any atom is -0.344 e. The van der Waals surface area contributed by atoms with Gasteiger partial charge in [0.15, 0.2) is 0 Å². The molecule has 0 aliphatic rings. The van der Waals surface area contributed by atoms with Gasteiger partial charge in [0.2, 0.25) is 11.1 Å². The minimum atomic E-state index is -0.174. The van der Waals surface area contributed by atoms with Gasteiger partial charge in [0.25, 0.3) is 0 Å². The summed E-state index contributed by atoms with van der Waals surface area (Å²) in [4.78, 5) is 13.9. The zero-order chi connectivity index (χ0) is 20.9. The number of rotatable bonds is 7. The summed E-state index contributed by atoms with van der Waals surface area (Å²) in [5, 5.41) is 17.7. The summed E-state index contributed by atoms with van der Waals surface area (Å²) in [6.45, 7) is 4.08. The molecule has 1 N–H and O–H groups in total. The van der Waals surface area contributed by atoms with Crippen LogP contribution in [0.3, 0.4) is 0 Å². The number of aromatic nitrogens is 4. The lowest BCUT2D eigenvalue weighted by molar-refractivity contribution is -0.119. The fraction of sp³-hybridized carbons (Fsp3) is 0.182. The zero-order valence-electron chi connectivity index (χ0n) is 16.6. The molecule has 30 heavy (non-hydrogen) atoms. The normalized spacial score (nSPS) is 11.9. The molecule has 152 valence electrons. The first-order valence-electron chi connectivity index (χ1n) is 9.48. The molecule has 2 heterocycles. The number of nitrogens with zero attached hydrogens (tertiary/aromatic N) is 4. The Kier molecular flexibility index (Phi) is 6.25. The van der Waals surface area contributed by atoms with E-state index in [1.165, 1.54) is 17.3 Å². The average molecular weight is 436 g/mol. The number of thioether (sulfide) groups is 1. The van der Waals surface area contributed by atoms with Gasteiger partial charge in [-0.3, -0.25) is 4.79 Å². The van der Waals surface area contributed by atoms with Crippen LogP contribution in [-0.2, 0) is 4.79 Å².